The second kappa shape index (κ2) is 15.0. The summed E-state index contributed by atoms with van der Waals surface area (Å²) in [5.41, 5.74) is 4.05. The highest BCUT2D eigenvalue weighted by Crippen LogP contribution is 2.29. The van der Waals surface area contributed by atoms with E-state index in [1.807, 2.05) is 65.7 Å². The van der Waals surface area contributed by atoms with Crippen molar-refractivity contribution in [2.24, 2.45) is 11.8 Å². The maximum absolute atomic E-state index is 13.2. The standard InChI is InChI=1S/C34H40ClN5O3/c1-39(16-14-29-9-4-5-15-37-29)30-11-12-32-28(19-30)21-36-23-34(42)40-17-13-25(27(24-40)8-6-18-43-32)20-33(41)38-22-26-7-2-3-10-31(26)35/h2-12,15,19,25,27,36H,13-14,16-18,20-24H2,1H3,(H,38,41)/b8-6+/t25-,27-/m0/s1. The Balaban J connectivity index is 1.22. The second-order valence-electron chi connectivity index (χ2n) is 11.3. The lowest BCUT2D eigenvalue weighted by Crippen LogP contribution is -2.47. The number of carbonyl (C=O) groups excluding carboxylic acids is 2. The number of rotatable bonds is 8. The van der Waals surface area contributed by atoms with Gasteiger partial charge in [0.1, 0.15) is 12.4 Å². The van der Waals surface area contributed by atoms with Gasteiger partial charge in [0.05, 0.1) is 6.54 Å². The first-order valence-corrected chi connectivity index (χ1v) is 15.4. The first-order chi connectivity index (χ1) is 21.0. The number of hydrogen-bond acceptors (Lipinski definition) is 6. The van der Waals surface area contributed by atoms with Crippen molar-refractivity contribution in [1.82, 2.24) is 20.5 Å². The van der Waals surface area contributed by atoms with Crippen molar-refractivity contribution in [3.05, 3.63) is 101 Å². The van der Waals surface area contributed by atoms with E-state index in [9.17, 15) is 9.59 Å². The Morgan fingerprint density at radius 2 is 2.02 bits per heavy atom. The van der Waals surface area contributed by atoms with Crippen LogP contribution in [0.4, 0.5) is 5.69 Å². The van der Waals surface area contributed by atoms with Gasteiger partial charge in [-0.1, -0.05) is 48.0 Å². The molecule has 43 heavy (non-hydrogen) atoms. The molecule has 5 rings (SSSR count). The molecule has 2 aliphatic rings. The summed E-state index contributed by atoms with van der Waals surface area (Å²) in [7, 11) is 2.08. The Bertz CT molecular complexity index is 1420. The fraction of sp³-hybridized carbons (Fsp3) is 0.382. The Kier molecular flexibility index (Phi) is 10.7. The minimum Gasteiger partial charge on any atom is -0.489 e. The number of ether oxygens (including phenoxy) is 1. The van der Waals surface area contributed by atoms with Crippen LogP contribution in [-0.4, -0.2) is 61.5 Å². The molecule has 0 saturated carbocycles. The third-order valence-corrected chi connectivity index (χ3v) is 8.63. The summed E-state index contributed by atoms with van der Waals surface area (Å²) < 4.78 is 6.20. The van der Waals surface area contributed by atoms with Crippen LogP contribution in [0.1, 0.15) is 29.7 Å². The largest absolute Gasteiger partial charge is 0.489 e. The van der Waals surface area contributed by atoms with Gasteiger partial charge in [-0.25, -0.2) is 0 Å². The molecule has 3 aromatic rings. The molecular formula is C34H40ClN5O3. The third-order valence-electron chi connectivity index (χ3n) is 8.27. The van der Waals surface area contributed by atoms with Crippen LogP contribution in [0.15, 0.2) is 79.0 Å². The number of amides is 2. The zero-order valence-electron chi connectivity index (χ0n) is 24.7. The molecule has 1 fully saturated rings. The molecule has 0 spiro atoms. The number of hydrogen-bond donors (Lipinski definition) is 2. The van der Waals surface area contributed by atoms with Gasteiger partial charge in [-0.3, -0.25) is 14.6 Å². The van der Waals surface area contributed by atoms with Gasteiger partial charge in [-0.15, -0.1) is 0 Å². The first-order valence-electron chi connectivity index (χ1n) is 15.0. The number of nitrogens with one attached hydrogen (secondary N) is 2. The number of nitrogens with zero attached hydrogens (tertiary/aromatic N) is 3. The molecule has 8 nitrogen and oxygen atoms in total. The average Bonchev–Trinajstić information content (AvgIpc) is 3.03. The van der Waals surface area contributed by atoms with E-state index in [4.69, 9.17) is 16.3 Å². The Hall–Kier alpha value is -3.88. The topological polar surface area (TPSA) is 86.8 Å². The van der Waals surface area contributed by atoms with Crippen molar-refractivity contribution in [3.8, 4) is 5.75 Å². The summed E-state index contributed by atoms with van der Waals surface area (Å²) in [6, 6.07) is 19.7. The smallest absolute Gasteiger partial charge is 0.236 e. The maximum atomic E-state index is 13.2. The molecule has 2 amide bonds. The van der Waals surface area contributed by atoms with Gasteiger partial charge in [0.25, 0.3) is 0 Å². The Morgan fingerprint density at radius 1 is 1.16 bits per heavy atom. The minimum absolute atomic E-state index is 0.00587. The summed E-state index contributed by atoms with van der Waals surface area (Å²) >= 11 is 6.25. The lowest BCUT2D eigenvalue weighted by Gasteiger charge is -2.37. The Labute approximate surface area is 259 Å². The van der Waals surface area contributed by atoms with Crippen molar-refractivity contribution in [1.29, 1.82) is 0 Å². The van der Waals surface area contributed by atoms with E-state index in [0.717, 1.165) is 47.6 Å². The van der Waals surface area contributed by atoms with Gasteiger partial charge in [-0.2, -0.15) is 0 Å². The highest BCUT2D eigenvalue weighted by atomic mass is 35.5. The van der Waals surface area contributed by atoms with Gasteiger partial charge < -0.3 is 25.2 Å². The van der Waals surface area contributed by atoms with E-state index >= 15 is 0 Å². The quantitative estimate of drug-likeness (QED) is 0.367. The third kappa shape index (κ3) is 8.58. The molecule has 0 radical (unpaired) electrons. The molecule has 0 aliphatic carbocycles. The highest BCUT2D eigenvalue weighted by molar-refractivity contribution is 6.31. The molecule has 1 aromatic heterocycles. The summed E-state index contributed by atoms with van der Waals surface area (Å²) in [6.45, 7) is 3.66. The molecule has 2 aromatic carbocycles. The van der Waals surface area contributed by atoms with Crippen molar-refractivity contribution in [2.45, 2.75) is 32.4 Å². The normalized spacial score (nSPS) is 19.6. The summed E-state index contributed by atoms with van der Waals surface area (Å²) in [5.74, 6) is 1.08. The van der Waals surface area contributed by atoms with Crippen molar-refractivity contribution < 1.29 is 14.3 Å². The molecule has 226 valence electrons. The van der Waals surface area contributed by atoms with Crippen LogP contribution >= 0.6 is 11.6 Å². The van der Waals surface area contributed by atoms with Crippen LogP contribution in [0.5, 0.6) is 5.75 Å². The zero-order chi connectivity index (χ0) is 30.0. The summed E-state index contributed by atoms with van der Waals surface area (Å²) in [6.07, 6.45) is 7.99. The fourth-order valence-electron chi connectivity index (χ4n) is 5.70. The van der Waals surface area contributed by atoms with E-state index < -0.39 is 0 Å². The number of fused-ring (bicyclic) bond motifs is 3. The molecule has 9 heteroatoms. The number of carbonyl (C=O) groups is 2. The zero-order valence-corrected chi connectivity index (χ0v) is 25.4. The van der Waals surface area contributed by atoms with Crippen molar-refractivity contribution >= 4 is 29.1 Å². The van der Waals surface area contributed by atoms with E-state index in [2.05, 4.69) is 45.8 Å². The van der Waals surface area contributed by atoms with E-state index in [1.165, 1.54) is 0 Å². The van der Waals surface area contributed by atoms with Crippen LogP contribution in [0.2, 0.25) is 5.02 Å². The molecular weight excluding hydrogens is 562 g/mol. The van der Waals surface area contributed by atoms with Gasteiger partial charge in [0, 0.05) is 80.8 Å². The number of benzene rings is 2. The van der Waals surface area contributed by atoms with Crippen molar-refractivity contribution in [2.75, 3.05) is 44.7 Å². The SMILES string of the molecule is CN(CCc1ccccn1)c1ccc2c(c1)CNCC(=O)N1CC[C@@H](CC(=O)NCc3ccccc3Cl)[C@@H](/C=C/CO2)C1. The lowest BCUT2D eigenvalue weighted by molar-refractivity contribution is -0.132. The van der Waals surface area contributed by atoms with Crippen LogP contribution in [0, 0.1) is 11.8 Å². The van der Waals surface area contributed by atoms with Crippen LogP contribution in [0.3, 0.4) is 0 Å². The molecule has 3 heterocycles. The summed E-state index contributed by atoms with van der Waals surface area (Å²) in [4.78, 5) is 34.6. The van der Waals surface area contributed by atoms with Gasteiger partial charge in [0.15, 0.2) is 0 Å². The number of likely N-dealkylation sites (N-methyl/N-ethyl adjacent to an activating group) is 1. The minimum atomic E-state index is -0.00587. The number of halogens is 1. The highest BCUT2D eigenvalue weighted by Gasteiger charge is 2.31. The van der Waals surface area contributed by atoms with Crippen LogP contribution in [0.25, 0.3) is 0 Å². The molecule has 1 saturated heterocycles. The summed E-state index contributed by atoms with van der Waals surface area (Å²) in [5, 5.41) is 7.00. The predicted molar refractivity (Wildman–Crippen MR) is 170 cm³/mol. The van der Waals surface area contributed by atoms with Crippen molar-refractivity contribution in [3.63, 3.8) is 0 Å². The average molecular weight is 602 g/mol. The first kappa shape index (κ1) is 30.6. The van der Waals surface area contributed by atoms with E-state index in [-0.39, 0.29) is 30.2 Å². The monoisotopic (exact) mass is 601 g/mol. The van der Waals surface area contributed by atoms with Gasteiger partial charge in [0.2, 0.25) is 11.8 Å². The second-order valence-corrected chi connectivity index (χ2v) is 11.7. The molecule has 2 N–H and O–H groups in total. The fourth-order valence-corrected chi connectivity index (χ4v) is 5.90. The molecule has 2 bridgehead atoms. The number of anilines is 1. The molecule has 0 unspecified atom stereocenters. The number of piperidine rings is 1. The predicted octanol–water partition coefficient (Wildman–Crippen LogP) is 4.62. The molecule has 2 atom stereocenters. The Morgan fingerprint density at radius 3 is 2.86 bits per heavy atom. The van der Waals surface area contributed by atoms with E-state index in [0.29, 0.717) is 44.2 Å². The number of aromatic nitrogens is 1. The van der Waals surface area contributed by atoms with Crippen LogP contribution in [-0.2, 0) is 29.1 Å². The molecule has 2 aliphatic heterocycles. The lowest BCUT2D eigenvalue weighted by atomic mass is 9.82. The number of pyridine rings is 1. The van der Waals surface area contributed by atoms with E-state index in [1.54, 1.807) is 0 Å². The van der Waals surface area contributed by atoms with Gasteiger partial charge >= 0.3 is 0 Å². The van der Waals surface area contributed by atoms with Crippen LogP contribution < -0.4 is 20.3 Å². The maximum Gasteiger partial charge on any atom is 0.236 e. The van der Waals surface area contributed by atoms with Gasteiger partial charge in [-0.05, 0) is 60.2 Å².